The number of alkyl halides is 3. The van der Waals surface area contributed by atoms with E-state index in [2.05, 4.69) is 0 Å². The van der Waals surface area contributed by atoms with Crippen LogP contribution in [0.15, 0.2) is 17.5 Å². The molecular formula is C12H12F3NO3S. The third kappa shape index (κ3) is 5.43. The molecule has 0 spiro atoms. The molecule has 0 saturated heterocycles. The van der Waals surface area contributed by atoms with Gasteiger partial charge in [-0.15, -0.1) is 11.3 Å². The van der Waals surface area contributed by atoms with E-state index in [1.54, 1.807) is 18.4 Å². The van der Waals surface area contributed by atoms with E-state index < -0.39 is 31.1 Å². The van der Waals surface area contributed by atoms with Gasteiger partial charge < -0.3 is 10.0 Å². The summed E-state index contributed by atoms with van der Waals surface area (Å²) in [5.74, 6) is -2.49. The number of aliphatic carboxylic acids is 1. The number of hydrogen-bond acceptors (Lipinski definition) is 3. The number of hydrogen-bond donors (Lipinski definition) is 1. The highest BCUT2D eigenvalue weighted by Gasteiger charge is 2.33. The van der Waals surface area contributed by atoms with E-state index in [9.17, 15) is 22.8 Å². The molecule has 1 rings (SSSR count). The van der Waals surface area contributed by atoms with E-state index in [4.69, 9.17) is 5.11 Å². The van der Waals surface area contributed by atoms with Crippen LogP contribution in [-0.2, 0) is 9.59 Å². The molecule has 1 heterocycles. The van der Waals surface area contributed by atoms with Gasteiger partial charge in [-0.25, -0.2) is 0 Å². The summed E-state index contributed by atoms with van der Waals surface area (Å²) in [6, 6.07) is 1.81. The molecule has 0 aliphatic carbocycles. The zero-order chi connectivity index (χ0) is 15.3. The quantitative estimate of drug-likeness (QED) is 0.851. The van der Waals surface area contributed by atoms with Crippen LogP contribution in [0.25, 0.3) is 6.08 Å². The molecule has 0 aromatic carbocycles. The second-order valence-corrected chi connectivity index (χ2v) is 4.95. The Balaban J connectivity index is 2.80. The summed E-state index contributed by atoms with van der Waals surface area (Å²) in [4.78, 5) is 23.1. The van der Waals surface area contributed by atoms with Gasteiger partial charge in [0, 0.05) is 11.0 Å². The Hall–Kier alpha value is -1.83. The van der Waals surface area contributed by atoms with Crippen LogP contribution in [0.5, 0.6) is 0 Å². The number of thiophene rings is 1. The Morgan fingerprint density at radius 2 is 2.10 bits per heavy atom. The molecule has 1 aromatic heterocycles. The number of carbonyl (C=O) groups excluding carboxylic acids is 1. The lowest BCUT2D eigenvalue weighted by atomic mass is 10.2. The maximum Gasteiger partial charge on any atom is 0.406 e. The average Bonchev–Trinajstić information content (AvgIpc) is 2.68. The molecule has 1 N–H and O–H groups in total. The van der Waals surface area contributed by atoms with Crippen LogP contribution in [-0.4, -0.2) is 41.1 Å². The van der Waals surface area contributed by atoms with Crippen molar-refractivity contribution in [3.8, 4) is 0 Å². The molecule has 1 aromatic rings. The molecule has 0 atom stereocenters. The fourth-order valence-electron chi connectivity index (χ4n) is 1.40. The predicted octanol–water partition coefficient (Wildman–Crippen LogP) is 2.55. The Morgan fingerprint density at radius 1 is 1.45 bits per heavy atom. The number of carboxylic acids is 1. The first-order chi connectivity index (χ1) is 9.19. The summed E-state index contributed by atoms with van der Waals surface area (Å²) in [6.45, 7) is -0.788. The number of aryl methyl sites for hydroxylation is 1. The smallest absolute Gasteiger partial charge is 0.406 e. The van der Waals surface area contributed by atoms with Gasteiger partial charge in [-0.05, 0) is 30.0 Å². The van der Waals surface area contributed by atoms with Gasteiger partial charge >= 0.3 is 12.1 Å². The number of carbonyl (C=O) groups is 2. The Bertz CT molecular complexity index is 522. The van der Waals surface area contributed by atoms with Crippen molar-refractivity contribution in [2.24, 2.45) is 0 Å². The maximum absolute atomic E-state index is 12.3. The molecule has 0 fully saturated rings. The van der Waals surface area contributed by atoms with E-state index in [1.165, 1.54) is 17.4 Å². The summed E-state index contributed by atoms with van der Waals surface area (Å²) in [6.07, 6.45) is -2.31. The van der Waals surface area contributed by atoms with E-state index in [-0.39, 0.29) is 4.90 Å². The van der Waals surface area contributed by atoms with Crippen LogP contribution < -0.4 is 0 Å². The van der Waals surface area contributed by atoms with Crippen molar-refractivity contribution in [2.75, 3.05) is 13.1 Å². The summed E-state index contributed by atoms with van der Waals surface area (Å²) in [7, 11) is 0. The molecular weight excluding hydrogens is 295 g/mol. The molecule has 20 heavy (non-hydrogen) atoms. The van der Waals surface area contributed by atoms with Gasteiger partial charge in [0.25, 0.3) is 0 Å². The second-order valence-electron chi connectivity index (χ2n) is 4.00. The van der Waals surface area contributed by atoms with Crippen molar-refractivity contribution in [3.05, 3.63) is 28.0 Å². The van der Waals surface area contributed by atoms with Gasteiger partial charge in [-0.2, -0.15) is 13.2 Å². The monoisotopic (exact) mass is 307 g/mol. The van der Waals surface area contributed by atoms with Gasteiger partial charge in [0.1, 0.15) is 13.1 Å². The molecule has 0 aliphatic rings. The minimum atomic E-state index is -4.64. The van der Waals surface area contributed by atoms with Crippen molar-refractivity contribution < 1.29 is 27.9 Å². The standard InChI is InChI=1S/C12H12F3NO3S/c1-8-4-5-20-9(8)2-3-10(17)16(6-11(18)19)7-12(13,14)15/h2-5H,6-7H2,1H3,(H,18,19). The van der Waals surface area contributed by atoms with Gasteiger partial charge in [-0.3, -0.25) is 9.59 Å². The lowest BCUT2D eigenvalue weighted by molar-refractivity contribution is -0.163. The zero-order valence-electron chi connectivity index (χ0n) is 10.5. The number of carboxylic acid groups (broad SMARTS) is 1. The number of rotatable bonds is 5. The fourth-order valence-corrected chi connectivity index (χ4v) is 2.22. The molecule has 0 radical (unpaired) electrons. The third-order valence-electron chi connectivity index (χ3n) is 2.29. The normalized spacial score (nSPS) is 11.8. The Labute approximate surface area is 117 Å². The first-order valence-electron chi connectivity index (χ1n) is 5.48. The topological polar surface area (TPSA) is 57.6 Å². The van der Waals surface area contributed by atoms with Gasteiger partial charge in [0.2, 0.25) is 5.91 Å². The minimum absolute atomic E-state index is 0.238. The minimum Gasteiger partial charge on any atom is -0.480 e. The predicted molar refractivity (Wildman–Crippen MR) is 68.4 cm³/mol. The fraction of sp³-hybridized carbons (Fsp3) is 0.333. The zero-order valence-corrected chi connectivity index (χ0v) is 11.3. The largest absolute Gasteiger partial charge is 0.480 e. The van der Waals surface area contributed by atoms with E-state index >= 15 is 0 Å². The summed E-state index contributed by atoms with van der Waals surface area (Å²) in [5, 5.41) is 10.3. The van der Waals surface area contributed by atoms with Crippen LogP contribution in [0.1, 0.15) is 10.4 Å². The van der Waals surface area contributed by atoms with Crippen LogP contribution >= 0.6 is 11.3 Å². The number of nitrogens with zero attached hydrogens (tertiary/aromatic N) is 1. The van der Waals surface area contributed by atoms with Crippen LogP contribution in [0.3, 0.4) is 0 Å². The average molecular weight is 307 g/mol. The molecule has 0 saturated carbocycles. The van der Waals surface area contributed by atoms with E-state index in [0.717, 1.165) is 16.5 Å². The molecule has 0 bridgehead atoms. The van der Waals surface area contributed by atoms with Crippen LogP contribution in [0.2, 0.25) is 0 Å². The molecule has 110 valence electrons. The third-order valence-corrected chi connectivity index (χ3v) is 3.27. The first-order valence-corrected chi connectivity index (χ1v) is 6.36. The van der Waals surface area contributed by atoms with Gasteiger partial charge in [-0.1, -0.05) is 0 Å². The number of amides is 1. The molecule has 8 heteroatoms. The molecule has 0 unspecified atom stereocenters. The second kappa shape index (κ2) is 6.56. The lowest BCUT2D eigenvalue weighted by Crippen LogP contribution is -2.41. The molecule has 0 aliphatic heterocycles. The van der Waals surface area contributed by atoms with E-state index in [1.807, 2.05) is 0 Å². The highest BCUT2D eigenvalue weighted by molar-refractivity contribution is 7.11. The molecule has 4 nitrogen and oxygen atoms in total. The summed E-state index contributed by atoms with van der Waals surface area (Å²) >= 11 is 1.33. The van der Waals surface area contributed by atoms with Crippen LogP contribution in [0.4, 0.5) is 13.2 Å². The van der Waals surface area contributed by atoms with Gasteiger partial charge in [0.15, 0.2) is 0 Å². The maximum atomic E-state index is 12.3. The highest BCUT2D eigenvalue weighted by atomic mass is 32.1. The van der Waals surface area contributed by atoms with Crippen molar-refractivity contribution >= 4 is 29.3 Å². The Morgan fingerprint density at radius 3 is 2.55 bits per heavy atom. The van der Waals surface area contributed by atoms with Crippen molar-refractivity contribution in [2.45, 2.75) is 13.1 Å². The lowest BCUT2D eigenvalue weighted by Gasteiger charge is -2.20. The van der Waals surface area contributed by atoms with E-state index in [0.29, 0.717) is 0 Å². The molecule has 1 amide bonds. The first kappa shape index (κ1) is 16.2. The SMILES string of the molecule is Cc1ccsc1C=CC(=O)N(CC(=O)O)CC(F)(F)F. The number of halogens is 3. The highest BCUT2D eigenvalue weighted by Crippen LogP contribution is 2.19. The summed E-state index contributed by atoms with van der Waals surface area (Å²) < 4.78 is 36.9. The van der Waals surface area contributed by atoms with Gasteiger partial charge in [0.05, 0.1) is 0 Å². The van der Waals surface area contributed by atoms with Crippen molar-refractivity contribution in [1.82, 2.24) is 4.90 Å². The summed E-state index contributed by atoms with van der Waals surface area (Å²) in [5.41, 5.74) is 0.889. The van der Waals surface area contributed by atoms with Crippen LogP contribution in [0, 0.1) is 6.92 Å². The van der Waals surface area contributed by atoms with Crippen molar-refractivity contribution in [1.29, 1.82) is 0 Å². The Kier molecular flexibility index (Phi) is 5.32. The van der Waals surface area contributed by atoms with Crippen molar-refractivity contribution in [3.63, 3.8) is 0 Å².